The lowest BCUT2D eigenvalue weighted by molar-refractivity contribution is 0.415. The van der Waals surface area contributed by atoms with Crippen LogP contribution in [0.5, 0.6) is 11.5 Å². The van der Waals surface area contributed by atoms with Gasteiger partial charge in [0.15, 0.2) is 0 Å². The van der Waals surface area contributed by atoms with Crippen molar-refractivity contribution in [2.24, 2.45) is 0 Å². The third kappa shape index (κ3) is 4.03. The summed E-state index contributed by atoms with van der Waals surface area (Å²) in [5.41, 5.74) is 22.6. The summed E-state index contributed by atoms with van der Waals surface area (Å²) < 4.78 is 11.1. The lowest BCUT2D eigenvalue weighted by Crippen LogP contribution is -2.32. The number of hydrogen-bond acceptors (Lipinski definition) is 4. The molecule has 4 nitrogen and oxygen atoms in total. The fourth-order valence-corrected chi connectivity index (χ4v) is 9.88. The van der Waals surface area contributed by atoms with E-state index in [1.54, 1.807) is 14.2 Å². The van der Waals surface area contributed by atoms with E-state index >= 15 is 0 Å². The second-order valence-corrected chi connectivity index (χ2v) is 14.4. The zero-order chi connectivity index (χ0) is 34.5. The zero-order valence-electron chi connectivity index (χ0n) is 29.0. The predicted octanol–water partition coefficient (Wildman–Crippen LogP) is 11.2. The van der Waals surface area contributed by atoms with Crippen LogP contribution < -0.4 is 20.1 Å². The molecule has 0 heterocycles. The van der Waals surface area contributed by atoms with E-state index < -0.39 is 0 Å². The molecular weight excluding hydrogens is 637 g/mol. The van der Waals surface area contributed by atoms with Crippen LogP contribution in [0, 0.1) is 0 Å². The third-order valence-electron chi connectivity index (χ3n) is 12.0. The molecule has 2 N–H and O–H groups in total. The van der Waals surface area contributed by atoms with Gasteiger partial charge in [0.25, 0.3) is 0 Å². The second kappa shape index (κ2) is 11.1. The van der Waals surface area contributed by atoms with Gasteiger partial charge in [-0.3, -0.25) is 0 Å². The second-order valence-electron chi connectivity index (χ2n) is 14.4. The van der Waals surface area contributed by atoms with Crippen molar-refractivity contribution >= 4 is 22.7 Å². The Labute approximate surface area is 303 Å². The smallest absolute Gasteiger partial charge is 0.119 e. The molecule has 0 amide bonds. The van der Waals surface area contributed by atoms with Crippen LogP contribution in [0.4, 0.5) is 22.7 Å². The maximum Gasteiger partial charge on any atom is 0.119 e. The van der Waals surface area contributed by atoms with Crippen LogP contribution in [0.25, 0.3) is 11.1 Å². The van der Waals surface area contributed by atoms with Gasteiger partial charge in [-0.05, 0) is 121 Å². The van der Waals surface area contributed by atoms with Gasteiger partial charge in [-0.25, -0.2) is 0 Å². The molecule has 6 bridgehead atoms. The molecule has 12 rings (SSSR count). The van der Waals surface area contributed by atoms with E-state index in [9.17, 15) is 0 Å². The maximum atomic E-state index is 5.58. The first-order valence-electron chi connectivity index (χ1n) is 18.1. The summed E-state index contributed by atoms with van der Waals surface area (Å²) in [6.45, 7) is 0. The SMILES string of the molecule is COc1ccc(Nc2c3c(c(Nc4ccc(OC)cc4)c4c2C2c5ccccc5C4c4ccccc42)C2c4ccccc4-c4cccc2c4C3)cc1. The van der Waals surface area contributed by atoms with Crippen LogP contribution in [0.2, 0.25) is 0 Å². The standard InChI is InChI=1S/C48H36N2O2/c1-51-29-22-18-27(19-23-29)49-47-40-26-39-32-16-9-17-38(39)41(33-11-4-3-10-31(32)33)44(40)48(50-28-20-24-30(52-2)25-21-28)46-43-36-14-7-5-12-34(36)42(45(46)47)35-13-6-8-15-37(35)43/h3-25,41-43,49-50H,26H2,1-2H3. The van der Waals surface area contributed by atoms with Gasteiger partial charge in [-0.15, -0.1) is 0 Å². The Morgan fingerprint density at radius 3 is 1.40 bits per heavy atom. The first-order chi connectivity index (χ1) is 25.7. The summed E-state index contributed by atoms with van der Waals surface area (Å²) in [4.78, 5) is 0. The van der Waals surface area contributed by atoms with Gasteiger partial charge < -0.3 is 20.1 Å². The van der Waals surface area contributed by atoms with E-state index in [0.29, 0.717) is 0 Å². The molecule has 0 aromatic heterocycles. The molecule has 0 saturated carbocycles. The fraction of sp³-hybridized carbons (Fsp3) is 0.125. The molecule has 5 aliphatic carbocycles. The number of nitrogens with one attached hydrogen (secondary N) is 2. The molecular formula is C48H36N2O2. The van der Waals surface area contributed by atoms with Crippen molar-refractivity contribution in [1.82, 2.24) is 0 Å². The molecule has 250 valence electrons. The van der Waals surface area contributed by atoms with Gasteiger partial charge >= 0.3 is 0 Å². The molecule has 5 aliphatic rings. The molecule has 7 aromatic rings. The van der Waals surface area contributed by atoms with Crippen molar-refractivity contribution in [3.8, 4) is 22.6 Å². The van der Waals surface area contributed by atoms with Crippen molar-refractivity contribution in [1.29, 1.82) is 0 Å². The van der Waals surface area contributed by atoms with Crippen molar-refractivity contribution in [3.05, 3.63) is 201 Å². The Morgan fingerprint density at radius 1 is 0.404 bits per heavy atom. The summed E-state index contributed by atoms with van der Waals surface area (Å²) in [6, 6.07) is 51.0. The maximum absolute atomic E-state index is 5.58. The van der Waals surface area contributed by atoms with Gasteiger partial charge in [-0.1, -0.05) is 91.0 Å². The molecule has 0 fully saturated rings. The van der Waals surface area contributed by atoms with Crippen molar-refractivity contribution < 1.29 is 9.47 Å². The lowest BCUT2D eigenvalue weighted by atomic mass is 9.57. The van der Waals surface area contributed by atoms with Gasteiger partial charge in [0.2, 0.25) is 0 Å². The highest BCUT2D eigenvalue weighted by molar-refractivity contribution is 5.92. The van der Waals surface area contributed by atoms with Gasteiger partial charge in [0, 0.05) is 46.9 Å². The number of anilines is 4. The Balaban J connectivity index is 1.27. The zero-order valence-corrected chi connectivity index (χ0v) is 29.0. The number of rotatable bonds is 6. The monoisotopic (exact) mass is 672 g/mol. The molecule has 0 spiro atoms. The Hall–Kier alpha value is -6.26. The first kappa shape index (κ1) is 29.5. The summed E-state index contributed by atoms with van der Waals surface area (Å²) in [6.07, 6.45) is 0.843. The van der Waals surface area contributed by atoms with Crippen LogP contribution in [0.15, 0.2) is 140 Å². The van der Waals surface area contributed by atoms with E-state index in [0.717, 1.165) is 29.3 Å². The number of hydrogen-bond donors (Lipinski definition) is 2. The van der Waals surface area contributed by atoms with E-state index in [4.69, 9.17) is 9.47 Å². The molecule has 0 aliphatic heterocycles. The minimum absolute atomic E-state index is 0.0708. The van der Waals surface area contributed by atoms with Crippen molar-refractivity contribution in [3.63, 3.8) is 0 Å². The molecule has 4 heteroatoms. The average Bonchev–Trinajstić information content (AvgIpc) is 3.20. The van der Waals surface area contributed by atoms with Crippen molar-refractivity contribution in [2.45, 2.75) is 24.2 Å². The largest absolute Gasteiger partial charge is 0.497 e. The fourth-order valence-electron chi connectivity index (χ4n) is 9.88. The van der Waals surface area contributed by atoms with E-state index in [1.807, 2.05) is 12.1 Å². The van der Waals surface area contributed by atoms with Gasteiger partial charge in [0.1, 0.15) is 11.5 Å². The number of benzene rings is 7. The lowest BCUT2D eigenvalue weighted by Gasteiger charge is -2.47. The van der Waals surface area contributed by atoms with Crippen molar-refractivity contribution in [2.75, 3.05) is 24.9 Å². The molecule has 1 unspecified atom stereocenters. The van der Waals surface area contributed by atoms with Gasteiger partial charge in [-0.2, -0.15) is 0 Å². The highest BCUT2D eigenvalue weighted by Crippen LogP contribution is 2.64. The van der Waals surface area contributed by atoms with Crippen LogP contribution in [0.3, 0.4) is 0 Å². The highest BCUT2D eigenvalue weighted by Gasteiger charge is 2.48. The topological polar surface area (TPSA) is 42.5 Å². The minimum atomic E-state index is 0.0708. The minimum Gasteiger partial charge on any atom is -0.497 e. The highest BCUT2D eigenvalue weighted by atomic mass is 16.5. The molecule has 1 atom stereocenters. The molecule has 0 saturated heterocycles. The number of fused-ring (bicyclic) bond motifs is 5. The van der Waals surface area contributed by atoms with Gasteiger partial charge in [0.05, 0.1) is 14.2 Å². The Bertz CT molecular complexity index is 2530. The predicted molar refractivity (Wildman–Crippen MR) is 209 cm³/mol. The summed E-state index contributed by atoms with van der Waals surface area (Å²) >= 11 is 0. The first-order valence-corrected chi connectivity index (χ1v) is 18.1. The Kier molecular flexibility index (Phi) is 6.30. The van der Waals surface area contributed by atoms with E-state index in [1.165, 1.54) is 83.7 Å². The molecule has 7 aromatic carbocycles. The summed E-state index contributed by atoms with van der Waals surface area (Å²) in [5.74, 6) is 1.93. The summed E-state index contributed by atoms with van der Waals surface area (Å²) in [7, 11) is 3.45. The summed E-state index contributed by atoms with van der Waals surface area (Å²) in [5, 5.41) is 8.19. The van der Waals surface area contributed by atoms with Crippen LogP contribution in [0.1, 0.15) is 79.0 Å². The van der Waals surface area contributed by atoms with E-state index in [2.05, 4.69) is 138 Å². The number of methoxy groups -OCH3 is 2. The van der Waals surface area contributed by atoms with Crippen LogP contribution in [-0.2, 0) is 6.42 Å². The van der Waals surface area contributed by atoms with E-state index in [-0.39, 0.29) is 17.8 Å². The molecule has 52 heavy (non-hydrogen) atoms. The van der Waals surface area contributed by atoms with Crippen LogP contribution in [-0.4, -0.2) is 14.2 Å². The number of ether oxygens (including phenoxy) is 2. The molecule has 0 radical (unpaired) electrons. The van der Waals surface area contributed by atoms with Crippen LogP contribution >= 0.6 is 0 Å². The Morgan fingerprint density at radius 2 is 0.846 bits per heavy atom. The normalized spacial score (nSPS) is 17.5. The quantitative estimate of drug-likeness (QED) is 0.184. The third-order valence-corrected chi connectivity index (χ3v) is 12.0. The average molecular weight is 673 g/mol.